The topological polar surface area (TPSA) is 18.8 Å². The third-order valence-corrected chi connectivity index (χ3v) is 2.69. The van der Waals surface area contributed by atoms with Crippen molar-refractivity contribution in [3.63, 3.8) is 0 Å². The number of aryl methyl sites for hydroxylation is 2. The van der Waals surface area contributed by atoms with E-state index in [-0.39, 0.29) is 0 Å². The Morgan fingerprint density at radius 2 is 1.65 bits per heavy atom. The summed E-state index contributed by atoms with van der Waals surface area (Å²) in [6, 6.07) is 6.51. The van der Waals surface area contributed by atoms with E-state index in [1.54, 1.807) is 0 Å². The highest BCUT2D eigenvalue weighted by Crippen LogP contribution is 2.11. The molecule has 0 spiro atoms. The molecule has 0 aromatic heterocycles. The van der Waals surface area contributed by atoms with Crippen molar-refractivity contribution in [2.24, 2.45) is 4.99 Å². The number of hydrogen-bond acceptors (Lipinski definition) is 1. The summed E-state index contributed by atoms with van der Waals surface area (Å²) in [6.07, 6.45) is 0. The second-order valence-electron chi connectivity index (χ2n) is 4.84. The average molecular weight is 233 g/mol. The van der Waals surface area contributed by atoms with Crippen LogP contribution < -0.4 is 0 Å². The van der Waals surface area contributed by atoms with Gasteiger partial charge < -0.3 is 9.80 Å². The molecule has 0 atom stereocenters. The molecule has 1 aromatic carbocycles. The lowest BCUT2D eigenvalue weighted by Gasteiger charge is -2.22. The normalized spacial score (nSPS) is 10.0. The van der Waals surface area contributed by atoms with E-state index in [9.17, 15) is 0 Å². The lowest BCUT2D eigenvalue weighted by Crippen LogP contribution is -2.35. The van der Waals surface area contributed by atoms with Crippen LogP contribution in [0.15, 0.2) is 23.2 Å². The van der Waals surface area contributed by atoms with E-state index in [2.05, 4.69) is 37.0 Å². The van der Waals surface area contributed by atoms with Crippen LogP contribution in [-0.4, -0.2) is 44.0 Å². The van der Waals surface area contributed by atoms with Crippen LogP contribution in [0.25, 0.3) is 0 Å². The van der Waals surface area contributed by atoms with Gasteiger partial charge in [0.1, 0.15) is 0 Å². The number of nitrogens with zero attached hydrogens (tertiary/aromatic N) is 3. The summed E-state index contributed by atoms with van der Waals surface area (Å²) in [6.45, 7) is 4.99. The minimum atomic E-state index is 0.734. The summed E-state index contributed by atoms with van der Waals surface area (Å²) in [5.74, 6) is 0.991. The van der Waals surface area contributed by atoms with Crippen LogP contribution in [0.1, 0.15) is 16.7 Å². The van der Waals surface area contributed by atoms with Gasteiger partial charge in [0.2, 0.25) is 0 Å². The van der Waals surface area contributed by atoms with Gasteiger partial charge in [-0.05, 0) is 25.0 Å². The molecule has 0 radical (unpaired) electrons. The first-order chi connectivity index (χ1) is 7.91. The highest BCUT2D eigenvalue weighted by atomic mass is 15.3. The lowest BCUT2D eigenvalue weighted by molar-refractivity contribution is 0.479. The van der Waals surface area contributed by atoms with E-state index in [4.69, 9.17) is 0 Å². The molecule has 0 aliphatic rings. The van der Waals surface area contributed by atoms with Gasteiger partial charge in [-0.1, -0.05) is 23.8 Å². The van der Waals surface area contributed by atoms with E-state index >= 15 is 0 Å². The second-order valence-corrected chi connectivity index (χ2v) is 4.84. The molecule has 0 bridgehead atoms. The van der Waals surface area contributed by atoms with Crippen molar-refractivity contribution >= 4 is 5.96 Å². The summed E-state index contributed by atoms with van der Waals surface area (Å²) in [5, 5.41) is 0. The Balaban J connectivity index is 2.87. The molecular weight excluding hydrogens is 210 g/mol. The highest BCUT2D eigenvalue weighted by Gasteiger charge is 2.04. The molecular formula is C14H23N3. The maximum Gasteiger partial charge on any atom is 0.195 e. The standard InChI is InChI=1S/C14H23N3/c1-11-7-8-13(12(2)9-11)10-15-14(16(3)4)17(5)6/h7-9H,10H2,1-6H3. The number of aliphatic imine (C=N–C) groups is 1. The molecule has 0 N–H and O–H groups in total. The molecule has 3 heteroatoms. The molecule has 0 saturated carbocycles. The fourth-order valence-electron chi connectivity index (χ4n) is 1.86. The minimum Gasteiger partial charge on any atom is -0.349 e. The largest absolute Gasteiger partial charge is 0.349 e. The van der Waals surface area contributed by atoms with Gasteiger partial charge in [0.25, 0.3) is 0 Å². The first kappa shape index (κ1) is 13.6. The molecule has 0 saturated heterocycles. The van der Waals surface area contributed by atoms with Crippen LogP contribution >= 0.6 is 0 Å². The molecule has 1 rings (SSSR count). The lowest BCUT2D eigenvalue weighted by atomic mass is 10.1. The van der Waals surface area contributed by atoms with Gasteiger partial charge >= 0.3 is 0 Å². The van der Waals surface area contributed by atoms with Crippen LogP contribution in [0.3, 0.4) is 0 Å². The van der Waals surface area contributed by atoms with Crippen molar-refractivity contribution in [2.75, 3.05) is 28.2 Å². The van der Waals surface area contributed by atoms with E-state index in [0.717, 1.165) is 12.5 Å². The molecule has 0 heterocycles. The Bertz CT molecular complexity index is 396. The zero-order valence-electron chi connectivity index (χ0n) is 11.8. The fraction of sp³-hybridized carbons (Fsp3) is 0.500. The summed E-state index contributed by atoms with van der Waals surface area (Å²) in [5.41, 5.74) is 3.90. The molecule has 0 amide bonds. The van der Waals surface area contributed by atoms with Crippen LogP contribution in [0.2, 0.25) is 0 Å². The smallest absolute Gasteiger partial charge is 0.195 e. The Kier molecular flexibility index (Phi) is 4.55. The fourth-order valence-corrected chi connectivity index (χ4v) is 1.86. The third-order valence-electron chi connectivity index (χ3n) is 2.69. The molecule has 0 unspecified atom stereocenters. The van der Waals surface area contributed by atoms with E-state index in [1.165, 1.54) is 16.7 Å². The van der Waals surface area contributed by atoms with E-state index in [1.807, 2.05) is 38.0 Å². The predicted molar refractivity (Wildman–Crippen MR) is 74.4 cm³/mol. The highest BCUT2D eigenvalue weighted by molar-refractivity contribution is 5.79. The van der Waals surface area contributed by atoms with E-state index < -0.39 is 0 Å². The first-order valence-electron chi connectivity index (χ1n) is 5.87. The van der Waals surface area contributed by atoms with E-state index in [0.29, 0.717) is 0 Å². The third kappa shape index (κ3) is 3.77. The minimum absolute atomic E-state index is 0.734. The van der Waals surface area contributed by atoms with Crippen molar-refractivity contribution in [1.82, 2.24) is 9.80 Å². The Morgan fingerprint density at radius 1 is 1.06 bits per heavy atom. The Hall–Kier alpha value is -1.51. The maximum atomic E-state index is 4.65. The summed E-state index contributed by atoms with van der Waals surface area (Å²) in [7, 11) is 8.06. The predicted octanol–water partition coefficient (Wildman–Crippen LogP) is 2.28. The average Bonchev–Trinajstić information content (AvgIpc) is 2.20. The molecule has 0 aliphatic heterocycles. The van der Waals surface area contributed by atoms with Crippen molar-refractivity contribution < 1.29 is 0 Å². The number of guanidine groups is 1. The monoisotopic (exact) mass is 233 g/mol. The molecule has 0 fully saturated rings. The van der Waals surface area contributed by atoms with Crippen LogP contribution in [0.5, 0.6) is 0 Å². The molecule has 3 nitrogen and oxygen atoms in total. The van der Waals surface area contributed by atoms with Gasteiger partial charge in [-0.25, -0.2) is 4.99 Å². The van der Waals surface area contributed by atoms with Crippen molar-refractivity contribution in [3.05, 3.63) is 34.9 Å². The van der Waals surface area contributed by atoms with Gasteiger partial charge in [0.05, 0.1) is 6.54 Å². The van der Waals surface area contributed by atoms with Crippen molar-refractivity contribution in [3.8, 4) is 0 Å². The Morgan fingerprint density at radius 3 is 2.12 bits per heavy atom. The van der Waals surface area contributed by atoms with Gasteiger partial charge in [0.15, 0.2) is 5.96 Å². The SMILES string of the molecule is Cc1ccc(CN=C(N(C)C)N(C)C)c(C)c1. The van der Waals surface area contributed by atoms with Crippen LogP contribution in [0.4, 0.5) is 0 Å². The Labute approximate surface area is 105 Å². The summed E-state index contributed by atoms with van der Waals surface area (Å²) in [4.78, 5) is 8.71. The summed E-state index contributed by atoms with van der Waals surface area (Å²) < 4.78 is 0. The van der Waals surface area contributed by atoms with Crippen LogP contribution in [-0.2, 0) is 6.54 Å². The molecule has 1 aromatic rings. The van der Waals surface area contributed by atoms with Gasteiger partial charge in [-0.15, -0.1) is 0 Å². The maximum absolute atomic E-state index is 4.65. The number of hydrogen-bond donors (Lipinski definition) is 0. The molecule has 94 valence electrons. The quantitative estimate of drug-likeness (QED) is 0.576. The van der Waals surface area contributed by atoms with Gasteiger partial charge in [-0.2, -0.15) is 0 Å². The number of benzene rings is 1. The van der Waals surface area contributed by atoms with Crippen molar-refractivity contribution in [1.29, 1.82) is 0 Å². The first-order valence-corrected chi connectivity index (χ1v) is 5.87. The molecule has 0 aliphatic carbocycles. The van der Waals surface area contributed by atoms with Crippen molar-refractivity contribution in [2.45, 2.75) is 20.4 Å². The zero-order valence-corrected chi connectivity index (χ0v) is 11.8. The zero-order chi connectivity index (χ0) is 13.0. The number of rotatable bonds is 2. The summed E-state index contributed by atoms with van der Waals surface area (Å²) >= 11 is 0. The van der Waals surface area contributed by atoms with Crippen LogP contribution in [0, 0.1) is 13.8 Å². The second kappa shape index (κ2) is 5.71. The van der Waals surface area contributed by atoms with Gasteiger partial charge in [-0.3, -0.25) is 0 Å². The van der Waals surface area contributed by atoms with Gasteiger partial charge in [0, 0.05) is 28.2 Å². The molecule has 17 heavy (non-hydrogen) atoms.